The van der Waals surface area contributed by atoms with Crippen LogP contribution in [0.15, 0.2) is 18.2 Å². The number of nitrogens with one attached hydrogen (secondary N) is 1. The molecule has 0 radical (unpaired) electrons. The van der Waals surface area contributed by atoms with Crippen molar-refractivity contribution in [3.63, 3.8) is 0 Å². The highest BCUT2D eigenvalue weighted by Crippen LogP contribution is 2.39. The van der Waals surface area contributed by atoms with Crippen LogP contribution in [0.3, 0.4) is 0 Å². The lowest BCUT2D eigenvalue weighted by atomic mass is 10.2. The summed E-state index contributed by atoms with van der Waals surface area (Å²) in [5.74, 6) is -1.50. The predicted octanol–water partition coefficient (Wildman–Crippen LogP) is 3.51. The average Bonchev–Trinajstić information content (AvgIpc) is 3.25. The van der Waals surface area contributed by atoms with Crippen LogP contribution in [0.1, 0.15) is 6.42 Å². The number of aromatic nitrogens is 2. The summed E-state index contributed by atoms with van der Waals surface area (Å²) < 4.78 is 34.0. The number of nitrogens with zero attached hydrogens (tertiary/aromatic N) is 3. The second-order valence-corrected chi connectivity index (χ2v) is 7.84. The normalized spacial score (nSPS) is 16.9. The van der Waals surface area contributed by atoms with E-state index in [1.54, 1.807) is 11.3 Å². The number of benzene rings is 1. The van der Waals surface area contributed by atoms with Gasteiger partial charge in [-0.2, -0.15) is 18.2 Å². The lowest BCUT2D eigenvalue weighted by molar-refractivity contribution is -0.192. The Kier molecular flexibility index (Phi) is 6.01. The summed E-state index contributed by atoms with van der Waals surface area (Å²) in [5.41, 5.74) is 6.86. The number of anilines is 2. The van der Waals surface area contributed by atoms with Crippen molar-refractivity contribution in [2.45, 2.75) is 18.6 Å². The monoisotopic (exact) mass is 447 g/mol. The van der Waals surface area contributed by atoms with Gasteiger partial charge in [-0.05, 0) is 31.7 Å². The number of nitrogen functional groups attached to an aromatic ring is 1. The summed E-state index contributed by atoms with van der Waals surface area (Å²) in [6.45, 7) is 1.92. The summed E-state index contributed by atoms with van der Waals surface area (Å²) >= 11 is 7.83. The highest BCUT2D eigenvalue weighted by atomic mass is 35.5. The van der Waals surface area contributed by atoms with E-state index < -0.39 is 12.1 Å². The summed E-state index contributed by atoms with van der Waals surface area (Å²) in [4.78, 5) is 20.2. The van der Waals surface area contributed by atoms with Gasteiger partial charge >= 0.3 is 12.1 Å². The van der Waals surface area contributed by atoms with Crippen LogP contribution in [-0.2, 0) is 4.79 Å². The van der Waals surface area contributed by atoms with Crippen LogP contribution < -0.4 is 16.0 Å². The van der Waals surface area contributed by atoms with Crippen LogP contribution in [0.5, 0.6) is 0 Å². The number of hydrogen-bond donors (Lipinski definition) is 3. The number of thiophene rings is 1. The first-order chi connectivity index (χ1) is 13.6. The molecule has 4 rings (SSSR count). The van der Waals surface area contributed by atoms with Gasteiger partial charge in [0.2, 0.25) is 5.95 Å². The quantitative estimate of drug-likeness (QED) is 0.552. The predicted molar refractivity (Wildman–Crippen MR) is 108 cm³/mol. The summed E-state index contributed by atoms with van der Waals surface area (Å²) in [6.07, 6.45) is -3.97. The first kappa shape index (κ1) is 21.3. The second-order valence-electron chi connectivity index (χ2n) is 6.35. The SMILES string of the molecule is CN[C@@H]1CCN(c2nc(N)nc3c2sc2ccc(Cl)cc23)C1.O=C(O)C(F)(F)F. The molecule has 0 aliphatic carbocycles. The molecule has 1 aliphatic heterocycles. The second kappa shape index (κ2) is 8.17. The number of likely N-dealkylation sites (N-methyl/N-ethyl adjacent to an activating group) is 1. The van der Waals surface area contributed by atoms with Gasteiger partial charge < -0.3 is 21.1 Å². The topological polar surface area (TPSA) is 104 Å². The molecule has 156 valence electrons. The van der Waals surface area contributed by atoms with E-state index in [0.29, 0.717) is 17.0 Å². The van der Waals surface area contributed by atoms with E-state index in [1.165, 1.54) is 0 Å². The molecule has 3 heterocycles. The number of fused-ring (bicyclic) bond motifs is 3. The van der Waals surface area contributed by atoms with E-state index in [0.717, 1.165) is 45.6 Å². The molecule has 12 heteroatoms. The molecule has 3 aromatic rings. The number of hydrogen-bond acceptors (Lipinski definition) is 7. The van der Waals surface area contributed by atoms with Gasteiger partial charge in [0.15, 0.2) is 5.82 Å². The molecule has 0 unspecified atom stereocenters. The molecule has 1 aromatic carbocycles. The summed E-state index contributed by atoms with van der Waals surface area (Å²) in [7, 11) is 2.00. The molecule has 2 aromatic heterocycles. The number of carbonyl (C=O) groups is 1. The van der Waals surface area contributed by atoms with Gasteiger partial charge in [0.25, 0.3) is 0 Å². The van der Waals surface area contributed by atoms with Gasteiger partial charge in [-0.25, -0.2) is 9.78 Å². The van der Waals surface area contributed by atoms with Crippen LogP contribution >= 0.6 is 22.9 Å². The molecule has 0 bridgehead atoms. The van der Waals surface area contributed by atoms with Gasteiger partial charge in [0.05, 0.1) is 10.2 Å². The zero-order chi connectivity index (χ0) is 21.3. The van der Waals surface area contributed by atoms with E-state index in [9.17, 15) is 13.2 Å². The Hall–Kier alpha value is -2.37. The van der Waals surface area contributed by atoms with E-state index in [-0.39, 0.29) is 0 Å². The number of alkyl halides is 3. The Morgan fingerprint density at radius 1 is 1.41 bits per heavy atom. The first-order valence-corrected chi connectivity index (χ1v) is 9.67. The lowest BCUT2D eigenvalue weighted by Gasteiger charge is -2.18. The summed E-state index contributed by atoms with van der Waals surface area (Å²) in [5, 5.41) is 12.2. The fraction of sp³-hybridized carbons (Fsp3) is 0.353. The molecular weight excluding hydrogens is 431 g/mol. The van der Waals surface area contributed by atoms with Gasteiger partial charge in [-0.15, -0.1) is 11.3 Å². The number of rotatable bonds is 2. The molecule has 7 nitrogen and oxygen atoms in total. The molecule has 1 aliphatic rings. The summed E-state index contributed by atoms with van der Waals surface area (Å²) in [6, 6.07) is 6.38. The largest absolute Gasteiger partial charge is 0.490 e. The average molecular weight is 448 g/mol. The van der Waals surface area contributed by atoms with Crippen molar-refractivity contribution in [1.29, 1.82) is 0 Å². The minimum absolute atomic E-state index is 0.315. The molecule has 1 fully saturated rings. The van der Waals surface area contributed by atoms with Gasteiger partial charge in [-0.1, -0.05) is 11.6 Å². The van der Waals surface area contributed by atoms with Crippen molar-refractivity contribution in [1.82, 2.24) is 15.3 Å². The van der Waals surface area contributed by atoms with Crippen molar-refractivity contribution >= 4 is 61.0 Å². The first-order valence-electron chi connectivity index (χ1n) is 8.47. The van der Waals surface area contributed by atoms with Crippen molar-refractivity contribution in [3.8, 4) is 0 Å². The van der Waals surface area contributed by atoms with Crippen LogP contribution in [-0.4, -0.2) is 53.4 Å². The third-order valence-electron chi connectivity index (χ3n) is 4.41. The van der Waals surface area contributed by atoms with E-state index in [2.05, 4.69) is 20.2 Å². The molecule has 4 N–H and O–H groups in total. The number of carboxylic acid groups (broad SMARTS) is 1. The maximum Gasteiger partial charge on any atom is 0.490 e. The number of carboxylic acids is 1. The Balaban J connectivity index is 0.000000298. The number of nitrogens with two attached hydrogens (primary N) is 1. The van der Waals surface area contributed by atoms with Gasteiger partial charge in [0, 0.05) is 34.2 Å². The van der Waals surface area contributed by atoms with Crippen LogP contribution in [0.4, 0.5) is 24.9 Å². The fourth-order valence-electron chi connectivity index (χ4n) is 3.02. The molecule has 0 amide bonds. The number of halogens is 4. The Morgan fingerprint density at radius 3 is 2.69 bits per heavy atom. The molecule has 1 atom stereocenters. The standard InChI is InChI=1S/C15H16ClN5S.C2HF3O2/c1-18-9-4-5-21(7-9)14-13-12(19-15(17)20-14)10-6-8(16)2-3-11(10)22-13;3-2(4,5)1(6)7/h2-3,6,9,18H,4-5,7H2,1H3,(H2,17,19,20);(H,6,7)/t9-;/m1./s1. The Bertz CT molecular complexity index is 1060. The van der Waals surface area contributed by atoms with E-state index in [1.807, 2.05) is 25.2 Å². The smallest absolute Gasteiger partial charge is 0.475 e. The molecule has 29 heavy (non-hydrogen) atoms. The van der Waals surface area contributed by atoms with Crippen molar-refractivity contribution < 1.29 is 23.1 Å². The Morgan fingerprint density at radius 2 is 2.10 bits per heavy atom. The maximum atomic E-state index is 10.6. The van der Waals surface area contributed by atoms with Crippen LogP contribution in [0, 0.1) is 0 Å². The highest BCUT2D eigenvalue weighted by molar-refractivity contribution is 7.26. The zero-order valence-electron chi connectivity index (χ0n) is 15.1. The minimum atomic E-state index is -5.08. The van der Waals surface area contributed by atoms with E-state index >= 15 is 0 Å². The fourth-order valence-corrected chi connectivity index (χ4v) is 4.33. The Labute approximate surface area is 172 Å². The third-order valence-corrected chi connectivity index (χ3v) is 5.80. The maximum absolute atomic E-state index is 10.6. The molecular formula is C17H17ClF3N5O2S. The third kappa shape index (κ3) is 4.62. The molecule has 1 saturated heterocycles. The molecule has 0 spiro atoms. The highest BCUT2D eigenvalue weighted by Gasteiger charge is 2.38. The number of aliphatic carboxylic acids is 1. The molecule has 0 saturated carbocycles. The lowest BCUT2D eigenvalue weighted by Crippen LogP contribution is -2.30. The van der Waals surface area contributed by atoms with Crippen molar-refractivity contribution in [2.75, 3.05) is 30.8 Å². The zero-order valence-corrected chi connectivity index (χ0v) is 16.7. The van der Waals surface area contributed by atoms with E-state index in [4.69, 9.17) is 27.2 Å². The minimum Gasteiger partial charge on any atom is -0.475 e. The van der Waals surface area contributed by atoms with Crippen molar-refractivity contribution in [2.24, 2.45) is 0 Å². The van der Waals surface area contributed by atoms with Crippen LogP contribution in [0.25, 0.3) is 20.3 Å². The van der Waals surface area contributed by atoms with Gasteiger partial charge in [-0.3, -0.25) is 0 Å². The van der Waals surface area contributed by atoms with Crippen molar-refractivity contribution in [3.05, 3.63) is 23.2 Å². The van der Waals surface area contributed by atoms with Crippen LogP contribution in [0.2, 0.25) is 5.02 Å². The van der Waals surface area contributed by atoms with Gasteiger partial charge in [0.1, 0.15) is 0 Å².